The summed E-state index contributed by atoms with van der Waals surface area (Å²) in [6, 6.07) is 3.99. The van der Waals surface area contributed by atoms with Crippen LogP contribution < -0.4 is 15.1 Å². The Balaban J connectivity index is 1.39. The highest BCUT2D eigenvalue weighted by Gasteiger charge is 2.59. The number of aryl methyl sites for hydroxylation is 1. The summed E-state index contributed by atoms with van der Waals surface area (Å²) in [4.78, 5) is 26.2. The Morgan fingerprint density at radius 3 is 2.62 bits per heavy atom. The van der Waals surface area contributed by atoms with Gasteiger partial charge in [-0.05, 0) is 56.7 Å². The van der Waals surface area contributed by atoms with Crippen molar-refractivity contribution in [1.82, 2.24) is 18.7 Å². The van der Waals surface area contributed by atoms with Crippen LogP contribution in [0.25, 0.3) is 11.0 Å². The lowest BCUT2D eigenvalue weighted by Crippen LogP contribution is -2.54. The SMILES string of the molecule is COC12CCC(N3CC(=O)N(C)c4cnc(Nc5cc6nsnc6cc5C)nc43)(CC1)C2. The van der Waals surface area contributed by atoms with Crippen molar-refractivity contribution < 1.29 is 9.53 Å². The third-order valence-corrected chi connectivity index (χ3v) is 8.19. The summed E-state index contributed by atoms with van der Waals surface area (Å²) in [5.41, 5.74) is 4.28. The lowest BCUT2D eigenvalue weighted by atomic mass is 9.90. The highest BCUT2D eigenvalue weighted by atomic mass is 32.1. The van der Waals surface area contributed by atoms with Gasteiger partial charge in [0.1, 0.15) is 16.7 Å². The molecule has 1 aliphatic heterocycles. The Bertz CT molecular complexity index is 1230. The molecule has 0 unspecified atom stereocenters. The zero-order valence-electron chi connectivity index (χ0n) is 18.4. The van der Waals surface area contributed by atoms with Gasteiger partial charge in [0.15, 0.2) is 5.82 Å². The molecule has 2 saturated carbocycles. The number of hydrogen-bond acceptors (Lipinski definition) is 9. The molecule has 3 aromatic rings. The number of benzene rings is 1. The molecule has 2 bridgehead atoms. The van der Waals surface area contributed by atoms with Crippen molar-refractivity contribution in [3.63, 3.8) is 0 Å². The van der Waals surface area contributed by atoms with Crippen LogP contribution >= 0.6 is 11.7 Å². The Kier molecular flexibility index (Phi) is 4.22. The molecule has 0 atom stereocenters. The number of carbonyl (C=O) groups is 1. The predicted octanol–water partition coefficient (Wildman–Crippen LogP) is 3.42. The van der Waals surface area contributed by atoms with Crippen LogP contribution in [0.4, 0.5) is 23.1 Å². The van der Waals surface area contributed by atoms with Gasteiger partial charge in [0.2, 0.25) is 11.9 Å². The standard InChI is InChI=1S/C22H25N7O2S/c1-13-8-15-16(27-32-26-15)9-14(13)24-20-23-10-17-19(25-20)29(11-18(30)28(17)2)21-4-6-22(12-21,31-3)7-5-21/h8-10H,4-7,11-12H2,1-3H3,(H,23,24,25). The molecule has 32 heavy (non-hydrogen) atoms. The highest BCUT2D eigenvalue weighted by molar-refractivity contribution is 7.00. The van der Waals surface area contributed by atoms with Crippen molar-refractivity contribution in [3.05, 3.63) is 23.9 Å². The second-order valence-electron chi connectivity index (χ2n) is 9.27. The third kappa shape index (κ3) is 2.82. The van der Waals surface area contributed by atoms with Gasteiger partial charge < -0.3 is 19.9 Å². The molecule has 0 radical (unpaired) electrons. The molecule has 0 saturated heterocycles. The van der Waals surface area contributed by atoms with Gasteiger partial charge in [0.25, 0.3) is 0 Å². The Labute approximate surface area is 190 Å². The van der Waals surface area contributed by atoms with E-state index in [1.807, 2.05) is 26.2 Å². The maximum atomic E-state index is 12.8. The van der Waals surface area contributed by atoms with E-state index in [0.717, 1.165) is 65.9 Å². The minimum absolute atomic E-state index is 0.0608. The molecule has 0 spiro atoms. The van der Waals surface area contributed by atoms with Gasteiger partial charge in [-0.15, -0.1) is 0 Å². The summed E-state index contributed by atoms with van der Waals surface area (Å²) in [7, 11) is 3.61. The molecule has 3 aliphatic rings. The number of ether oxygens (including phenoxy) is 1. The number of aromatic nitrogens is 4. The monoisotopic (exact) mass is 451 g/mol. The number of amides is 1. The summed E-state index contributed by atoms with van der Waals surface area (Å²) in [5, 5.41) is 3.36. The lowest BCUT2D eigenvalue weighted by Gasteiger charge is -2.45. The normalized spacial score (nSPS) is 26.8. The van der Waals surface area contributed by atoms with E-state index in [-0.39, 0.29) is 17.0 Å². The smallest absolute Gasteiger partial charge is 0.246 e. The van der Waals surface area contributed by atoms with Gasteiger partial charge in [-0.25, -0.2) is 4.98 Å². The minimum Gasteiger partial charge on any atom is -0.378 e. The number of rotatable bonds is 4. The third-order valence-electron chi connectivity index (χ3n) is 7.63. The summed E-state index contributed by atoms with van der Waals surface area (Å²) in [6.07, 6.45) is 6.75. The molecule has 2 fully saturated rings. The van der Waals surface area contributed by atoms with E-state index in [0.29, 0.717) is 12.5 Å². The van der Waals surface area contributed by atoms with Gasteiger partial charge in [-0.1, -0.05) is 0 Å². The molecule has 3 heterocycles. The molecule has 9 nitrogen and oxygen atoms in total. The molecule has 6 rings (SSSR count). The number of nitrogens with zero attached hydrogens (tertiary/aromatic N) is 6. The van der Waals surface area contributed by atoms with Crippen LogP contribution in [0.3, 0.4) is 0 Å². The van der Waals surface area contributed by atoms with Crippen molar-refractivity contribution >= 4 is 51.8 Å². The van der Waals surface area contributed by atoms with Crippen LogP contribution in [0, 0.1) is 6.92 Å². The van der Waals surface area contributed by atoms with Crippen LogP contribution in [0.2, 0.25) is 0 Å². The van der Waals surface area contributed by atoms with E-state index in [9.17, 15) is 4.79 Å². The van der Waals surface area contributed by atoms with Crippen LogP contribution in [0.5, 0.6) is 0 Å². The molecule has 1 N–H and O–H groups in total. The number of fused-ring (bicyclic) bond motifs is 4. The molecule has 10 heteroatoms. The van der Waals surface area contributed by atoms with E-state index in [4.69, 9.17) is 9.72 Å². The fourth-order valence-corrected chi connectivity index (χ4v) is 6.17. The highest BCUT2D eigenvalue weighted by Crippen LogP contribution is 2.57. The Morgan fingerprint density at radius 1 is 1.16 bits per heavy atom. The fourth-order valence-electron chi connectivity index (χ4n) is 5.66. The van der Waals surface area contributed by atoms with Gasteiger partial charge in [-0.3, -0.25) is 4.79 Å². The summed E-state index contributed by atoms with van der Waals surface area (Å²) in [5.74, 6) is 1.38. The Hall–Kier alpha value is -2.85. The summed E-state index contributed by atoms with van der Waals surface area (Å²) >= 11 is 1.20. The van der Waals surface area contributed by atoms with E-state index < -0.39 is 0 Å². The van der Waals surface area contributed by atoms with Crippen LogP contribution in [0.15, 0.2) is 18.3 Å². The van der Waals surface area contributed by atoms with Crippen molar-refractivity contribution in [2.24, 2.45) is 0 Å². The van der Waals surface area contributed by atoms with E-state index >= 15 is 0 Å². The first-order chi connectivity index (χ1) is 15.4. The fraction of sp³-hybridized carbons (Fsp3) is 0.500. The molecule has 1 amide bonds. The largest absolute Gasteiger partial charge is 0.378 e. The van der Waals surface area contributed by atoms with Crippen molar-refractivity contribution in [2.45, 2.75) is 50.2 Å². The van der Waals surface area contributed by atoms with Gasteiger partial charge in [0.05, 0.1) is 30.1 Å². The number of nitrogens with one attached hydrogen (secondary N) is 1. The van der Waals surface area contributed by atoms with E-state index in [1.54, 1.807) is 18.1 Å². The summed E-state index contributed by atoms with van der Waals surface area (Å²) < 4.78 is 14.6. The second-order valence-corrected chi connectivity index (χ2v) is 9.80. The predicted molar refractivity (Wildman–Crippen MR) is 124 cm³/mol. The average molecular weight is 452 g/mol. The van der Waals surface area contributed by atoms with Crippen molar-refractivity contribution in [1.29, 1.82) is 0 Å². The van der Waals surface area contributed by atoms with Crippen LogP contribution in [0.1, 0.15) is 37.7 Å². The number of carbonyl (C=O) groups excluding carboxylic acids is 1. The van der Waals surface area contributed by atoms with E-state index in [2.05, 4.69) is 23.9 Å². The molecule has 2 aliphatic carbocycles. The zero-order valence-corrected chi connectivity index (χ0v) is 19.2. The zero-order chi connectivity index (χ0) is 22.1. The van der Waals surface area contributed by atoms with Crippen molar-refractivity contribution in [2.75, 3.05) is 35.8 Å². The van der Waals surface area contributed by atoms with Gasteiger partial charge in [0, 0.05) is 25.4 Å². The molecule has 2 aromatic heterocycles. The molecule has 1 aromatic carbocycles. The first kappa shape index (κ1) is 19.8. The first-order valence-electron chi connectivity index (χ1n) is 10.9. The Morgan fingerprint density at radius 2 is 1.91 bits per heavy atom. The average Bonchev–Trinajstić information content (AvgIpc) is 3.51. The van der Waals surface area contributed by atoms with Gasteiger partial charge in [-0.2, -0.15) is 13.7 Å². The van der Waals surface area contributed by atoms with E-state index in [1.165, 1.54) is 11.7 Å². The molecular weight excluding hydrogens is 426 g/mol. The number of methoxy groups -OCH3 is 1. The minimum atomic E-state index is -0.0889. The molecular formula is C22H25N7O2S. The van der Waals surface area contributed by atoms with Crippen LogP contribution in [-0.2, 0) is 9.53 Å². The maximum absolute atomic E-state index is 12.8. The molecule has 166 valence electrons. The topological polar surface area (TPSA) is 96.4 Å². The lowest BCUT2D eigenvalue weighted by molar-refractivity contribution is -0.117. The quantitative estimate of drug-likeness (QED) is 0.645. The number of anilines is 4. The van der Waals surface area contributed by atoms with Crippen molar-refractivity contribution in [3.8, 4) is 0 Å². The van der Waals surface area contributed by atoms with Crippen LogP contribution in [-0.4, -0.2) is 56.5 Å². The number of hydrogen-bond donors (Lipinski definition) is 1. The van der Waals surface area contributed by atoms with Gasteiger partial charge >= 0.3 is 0 Å². The maximum Gasteiger partial charge on any atom is 0.246 e. The summed E-state index contributed by atoms with van der Waals surface area (Å²) in [6.45, 7) is 2.36. The number of likely N-dealkylation sites (N-methyl/N-ethyl adjacent to an activating group) is 1. The first-order valence-corrected chi connectivity index (χ1v) is 11.6. The second kappa shape index (κ2) is 6.82.